The Labute approximate surface area is 160 Å². The molecule has 0 spiro atoms. The number of benzene rings is 2. The fourth-order valence-corrected chi connectivity index (χ4v) is 3.78. The first kappa shape index (κ1) is 18.5. The van der Waals surface area contributed by atoms with Crippen LogP contribution in [0.25, 0.3) is 5.69 Å². The third-order valence-electron chi connectivity index (χ3n) is 5.21. The van der Waals surface area contributed by atoms with Gasteiger partial charge in [0, 0.05) is 5.69 Å². The number of rotatable bonds is 4. The maximum absolute atomic E-state index is 13.1. The van der Waals surface area contributed by atoms with E-state index in [9.17, 15) is 13.2 Å². The summed E-state index contributed by atoms with van der Waals surface area (Å²) in [5.41, 5.74) is 1.07. The summed E-state index contributed by atoms with van der Waals surface area (Å²) in [7, 11) is 0. The van der Waals surface area contributed by atoms with E-state index in [0.717, 1.165) is 49.1 Å². The molecule has 1 fully saturated rings. The fraction of sp³-hybridized carbons (Fsp3) is 0.350. The molecule has 1 heterocycles. The van der Waals surface area contributed by atoms with Gasteiger partial charge in [0.25, 0.3) is 0 Å². The van der Waals surface area contributed by atoms with Gasteiger partial charge in [0.2, 0.25) is 0 Å². The largest absolute Gasteiger partial charge is 0.416 e. The summed E-state index contributed by atoms with van der Waals surface area (Å²) in [5.74, 6) is 0.617. The monoisotopic (exact) mass is 387 g/mol. The summed E-state index contributed by atoms with van der Waals surface area (Å²) in [4.78, 5) is 0. The van der Waals surface area contributed by atoms with Crippen LogP contribution in [-0.2, 0) is 11.7 Å². The molecule has 0 radical (unpaired) electrons. The van der Waals surface area contributed by atoms with Crippen LogP contribution in [0, 0.1) is 6.92 Å². The van der Waals surface area contributed by atoms with Gasteiger partial charge in [-0.3, -0.25) is 0 Å². The Morgan fingerprint density at radius 2 is 1.75 bits per heavy atom. The van der Waals surface area contributed by atoms with Gasteiger partial charge in [-0.1, -0.05) is 36.6 Å². The van der Waals surface area contributed by atoms with Gasteiger partial charge in [-0.2, -0.15) is 17.9 Å². The lowest BCUT2D eigenvalue weighted by molar-refractivity contribution is -0.137. The molecule has 1 aliphatic rings. The van der Waals surface area contributed by atoms with E-state index in [-0.39, 0.29) is 0 Å². The highest BCUT2D eigenvalue weighted by atomic mass is 19.4. The van der Waals surface area contributed by atoms with Gasteiger partial charge in [-0.25, -0.2) is 0 Å². The van der Waals surface area contributed by atoms with Crippen molar-refractivity contribution in [3.63, 3.8) is 0 Å². The Balaban J connectivity index is 1.73. The Hall–Kier alpha value is -2.90. The number of alkyl halides is 3. The van der Waals surface area contributed by atoms with E-state index in [1.54, 1.807) is 10.7 Å². The molecule has 28 heavy (non-hydrogen) atoms. The Morgan fingerprint density at radius 3 is 2.43 bits per heavy atom. The normalized spacial score (nSPS) is 16.3. The van der Waals surface area contributed by atoms with Crippen LogP contribution in [0.1, 0.15) is 42.6 Å². The van der Waals surface area contributed by atoms with E-state index in [2.05, 4.69) is 20.8 Å². The van der Waals surface area contributed by atoms with E-state index >= 15 is 0 Å². The van der Waals surface area contributed by atoms with Crippen LogP contribution in [0.2, 0.25) is 0 Å². The smallest absolute Gasteiger partial charge is 0.373 e. The van der Waals surface area contributed by atoms with E-state index in [0.29, 0.717) is 11.5 Å². The van der Waals surface area contributed by atoms with E-state index < -0.39 is 17.3 Å². The van der Waals surface area contributed by atoms with Gasteiger partial charge in [0.15, 0.2) is 5.82 Å². The van der Waals surface area contributed by atoms with Crippen LogP contribution in [0.4, 0.5) is 18.9 Å². The third-order valence-corrected chi connectivity index (χ3v) is 5.21. The summed E-state index contributed by atoms with van der Waals surface area (Å²) in [5, 5.41) is 15.6. The van der Waals surface area contributed by atoms with Crippen LogP contribution < -0.4 is 5.32 Å². The van der Waals surface area contributed by atoms with Gasteiger partial charge in [0.05, 0.1) is 16.8 Å². The summed E-state index contributed by atoms with van der Waals surface area (Å²) in [6.45, 7) is 2.00. The summed E-state index contributed by atoms with van der Waals surface area (Å²) in [6.07, 6.45) is -0.992. The van der Waals surface area contributed by atoms with Crippen molar-refractivity contribution in [2.24, 2.45) is 0 Å². The van der Waals surface area contributed by atoms with Crippen molar-refractivity contribution < 1.29 is 13.2 Å². The van der Waals surface area contributed by atoms with Crippen molar-refractivity contribution in [2.45, 2.75) is 44.3 Å². The first-order valence-electron chi connectivity index (χ1n) is 9.19. The van der Waals surface area contributed by atoms with Crippen LogP contribution in [-0.4, -0.2) is 20.2 Å². The number of anilines is 1. The number of halogens is 3. The van der Waals surface area contributed by atoms with Crippen molar-refractivity contribution in [1.82, 2.24) is 20.2 Å². The Morgan fingerprint density at radius 1 is 1.04 bits per heavy atom. The molecular formula is C20H20F3N5. The van der Waals surface area contributed by atoms with Gasteiger partial charge in [-0.15, -0.1) is 5.10 Å². The average molecular weight is 387 g/mol. The molecule has 0 unspecified atom stereocenters. The number of aromatic nitrogens is 4. The molecule has 5 nitrogen and oxygen atoms in total. The second kappa shape index (κ2) is 6.92. The molecule has 0 bridgehead atoms. The molecule has 4 rings (SSSR count). The summed E-state index contributed by atoms with van der Waals surface area (Å²) in [6, 6.07) is 13.1. The lowest BCUT2D eigenvalue weighted by Crippen LogP contribution is -2.35. The third kappa shape index (κ3) is 3.46. The zero-order chi connectivity index (χ0) is 19.8. The zero-order valence-electron chi connectivity index (χ0n) is 15.4. The quantitative estimate of drug-likeness (QED) is 0.694. The van der Waals surface area contributed by atoms with Crippen LogP contribution in [0.5, 0.6) is 0 Å². The van der Waals surface area contributed by atoms with Gasteiger partial charge >= 0.3 is 6.18 Å². The summed E-state index contributed by atoms with van der Waals surface area (Å²) >= 11 is 0. The van der Waals surface area contributed by atoms with Gasteiger partial charge in [0.1, 0.15) is 0 Å². The van der Waals surface area contributed by atoms with E-state index in [4.69, 9.17) is 0 Å². The highest BCUT2D eigenvalue weighted by Gasteiger charge is 2.41. The lowest BCUT2D eigenvalue weighted by atomic mass is 9.95. The van der Waals surface area contributed by atoms with Crippen molar-refractivity contribution in [3.05, 3.63) is 65.5 Å². The molecular weight excluding hydrogens is 367 g/mol. The number of hydrogen-bond acceptors (Lipinski definition) is 4. The minimum atomic E-state index is -4.38. The van der Waals surface area contributed by atoms with Crippen LogP contribution in [0.15, 0.2) is 48.5 Å². The van der Waals surface area contributed by atoms with Crippen molar-refractivity contribution in [1.29, 1.82) is 0 Å². The molecule has 0 amide bonds. The maximum Gasteiger partial charge on any atom is 0.416 e. The fourth-order valence-electron chi connectivity index (χ4n) is 3.78. The maximum atomic E-state index is 13.1. The predicted octanol–water partition coefficient (Wildman–Crippen LogP) is 4.87. The minimum Gasteiger partial charge on any atom is -0.373 e. The molecule has 3 aromatic rings. The van der Waals surface area contributed by atoms with E-state index in [1.165, 1.54) is 6.07 Å². The molecule has 0 aliphatic heterocycles. The number of nitrogens with one attached hydrogen (secondary N) is 1. The summed E-state index contributed by atoms with van der Waals surface area (Å²) < 4.78 is 41.0. The number of tetrazole rings is 1. The molecule has 146 valence electrons. The van der Waals surface area contributed by atoms with Crippen LogP contribution in [0.3, 0.4) is 0 Å². The molecule has 1 aliphatic carbocycles. The van der Waals surface area contributed by atoms with Gasteiger partial charge in [-0.05, 0) is 60.5 Å². The zero-order valence-corrected chi connectivity index (χ0v) is 15.4. The molecule has 8 heteroatoms. The molecule has 1 N–H and O–H groups in total. The highest BCUT2D eigenvalue weighted by Crippen LogP contribution is 2.42. The second-order valence-electron chi connectivity index (χ2n) is 7.24. The van der Waals surface area contributed by atoms with Crippen molar-refractivity contribution in [2.75, 3.05) is 5.32 Å². The Kier molecular flexibility index (Phi) is 4.56. The molecule has 1 saturated carbocycles. The lowest BCUT2D eigenvalue weighted by Gasteiger charge is -2.30. The number of hydrogen-bond donors (Lipinski definition) is 1. The highest BCUT2D eigenvalue weighted by molar-refractivity contribution is 5.50. The molecule has 0 atom stereocenters. The SMILES string of the molecule is Cc1ccc(-n2nnnc2C2(Nc3cccc(C(F)(F)F)c3)CCCC2)cc1. The van der Waals surface area contributed by atoms with Crippen LogP contribution >= 0.6 is 0 Å². The second-order valence-corrected chi connectivity index (χ2v) is 7.24. The minimum absolute atomic E-state index is 0.412. The standard InChI is InChI=1S/C20H20F3N5/c1-14-7-9-17(10-8-14)28-18(25-26-27-28)19(11-2-3-12-19)24-16-6-4-5-15(13-16)20(21,22)23/h4-10,13,24H,2-3,11-12H2,1H3. The predicted molar refractivity (Wildman–Crippen MR) is 99.1 cm³/mol. The first-order chi connectivity index (χ1) is 13.4. The van der Waals surface area contributed by atoms with E-state index in [1.807, 2.05) is 31.2 Å². The molecule has 2 aromatic carbocycles. The average Bonchev–Trinajstić information content (AvgIpc) is 3.32. The molecule has 0 saturated heterocycles. The van der Waals surface area contributed by atoms with Crippen molar-refractivity contribution >= 4 is 5.69 Å². The first-order valence-corrected chi connectivity index (χ1v) is 9.19. The Bertz CT molecular complexity index is 956. The number of nitrogens with zero attached hydrogens (tertiary/aromatic N) is 4. The topological polar surface area (TPSA) is 55.6 Å². The molecule has 1 aromatic heterocycles. The number of aryl methyl sites for hydroxylation is 1. The van der Waals surface area contributed by atoms with Crippen molar-refractivity contribution in [3.8, 4) is 5.69 Å². The van der Waals surface area contributed by atoms with Gasteiger partial charge < -0.3 is 5.32 Å².